The Morgan fingerprint density at radius 3 is 3.00 bits per heavy atom. The van der Waals surface area contributed by atoms with Crippen molar-refractivity contribution in [3.05, 3.63) is 34.3 Å². The molecule has 1 aliphatic carbocycles. The van der Waals surface area contributed by atoms with E-state index in [4.69, 9.17) is 16.3 Å². The summed E-state index contributed by atoms with van der Waals surface area (Å²) in [5.41, 5.74) is 2.15. The van der Waals surface area contributed by atoms with E-state index in [1.807, 2.05) is 18.2 Å². The van der Waals surface area contributed by atoms with E-state index < -0.39 is 0 Å². The quantitative estimate of drug-likeness (QED) is 0.660. The van der Waals surface area contributed by atoms with Gasteiger partial charge in [0.15, 0.2) is 0 Å². The molecule has 0 radical (unpaired) electrons. The Morgan fingerprint density at radius 1 is 1.52 bits per heavy atom. The number of thiol groups is 1. The van der Waals surface area contributed by atoms with Crippen LogP contribution in [-0.2, 0) is 16.0 Å². The van der Waals surface area contributed by atoms with E-state index in [1.54, 1.807) is 0 Å². The van der Waals surface area contributed by atoms with E-state index in [9.17, 15) is 9.59 Å². The van der Waals surface area contributed by atoms with Crippen molar-refractivity contribution in [3.63, 3.8) is 0 Å². The number of nitrogens with one attached hydrogen (secondary N) is 1. The third-order valence-electron chi connectivity index (χ3n) is 3.35. The fourth-order valence-corrected chi connectivity index (χ4v) is 2.78. The number of halogens is 1. The van der Waals surface area contributed by atoms with Gasteiger partial charge in [-0.05, 0) is 30.0 Å². The number of fused-ring (bicyclic) bond motifs is 1. The van der Waals surface area contributed by atoms with Crippen LogP contribution in [0.15, 0.2) is 18.2 Å². The number of esters is 1. The van der Waals surface area contributed by atoms with Gasteiger partial charge in [0.1, 0.15) is 6.61 Å². The zero-order chi connectivity index (χ0) is 15.4. The number of hydrogen-bond acceptors (Lipinski definition) is 4. The van der Waals surface area contributed by atoms with Crippen LogP contribution in [0.3, 0.4) is 0 Å². The molecule has 1 aromatic carbocycles. The normalized spacial score (nSPS) is 16.2. The number of carbonyl (C=O) groups excluding carboxylic acids is 2. The molecule has 0 saturated heterocycles. The van der Waals surface area contributed by atoms with Crippen LogP contribution in [0.5, 0.6) is 0 Å². The van der Waals surface area contributed by atoms with Crippen LogP contribution in [-0.4, -0.2) is 29.5 Å². The fraction of sp³-hybridized carbons (Fsp3) is 0.429. The summed E-state index contributed by atoms with van der Waals surface area (Å²) in [6.07, 6.45) is 1.66. The molecule has 0 spiro atoms. The molecule has 7 heteroatoms. The van der Waals surface area contributed by atoms with Crippen molar-refractivity contribution in [1.82, 2.24) is 9.62 Å². The Morgan fingerprint density at radius 2 is 2.29 bits per heavy atom. The van der Waals surface area contributed by atoms with Gasteiger partial charge >= 0.3 is 12.0 Å². The minimum atomic E-state index is -0.378. The number of rotatable bonds is 4. The second kappa shape index (κ2) is 7.04. The van der Waals surface area contributed by atoms with Crippen molar-refractivity contribution in [2.45, 2.75) is 25.8 Å². The van der Waals surface area contributed by atoms with Gasteiger partial charge in [0, 0.05) is 11.9 Å². The van der Waals surface area contributed by atoms with E-state index in [0.717, 1.165) is 29.0 Å². The second-order valence-electron chi connectivity index (χ2n) is 4.81. The van der Waals surface area contributed by atoms with Crippen molar-refractivity contribution < 1.29 is 14.3 Å². The van der Waals surface area contributed by atoms with Gasteiger partial charge in [0.05, 0.1) is 12.6 Å². The first kappa shape index (κ1) is 16.0. The lowest BCUT2D eigenvalue weighted by Gasteiger charge is -2.20. The van der Waals surface area contributed by atoms with Crippen LogP contribution in [0.1, 0.15) is 30.5 Å². The number of amides is 2. The highest BCUT2D eigenvalue weighted by molar-refractivity contribution is 7.78. The first-order chi connectivity index (χ1) is 9.99. The number of nitrogens with zero attached hydrogens (tertiary/aromatic N) is 1. The zero-order valence-corrected chi connectivity index (χ0v) is 13.3. The second-order valence-corrected chi connectivity index (χ2v) is 5.70. The molecular formula is C14H17ClN2O3S. The van der Waals surface area contributed by atoms with Gasteiger partial charge in [0.2, 0.25) is 0 Å². The molecule has 1 atom stereocenters. The Kier molecular flexibility index (Phi) is 5.36. The highest BCUT2D eigenvalue weighted by Crippen LogP contribution is 2.35. The molecular weight excluding hydrogens is 312 g/mol. The van der Waals surface area contributed by atoms with E-state index in [0.29, 0.717) is 0 Å². The fourth-order valence-electron chi connectivity index (χ4n) is 2.36. The summed E-state index contributed by atoms with van der Waals surface area (Å²) in [6, 6.07) is 5.33. The number of hydrogen-bond donors (Lipinski definition) is 2. The molecule has 1 aromatic rings. The number of ether oxygens (including phenoxy) is 1. The number of urea groups is 1. The lowest BCUT2D eigenvalue weighted by atomic mass is 10.1. The summed E-state index contributed by atoms with van der Waals surface area (Å²) in [5, 5.41) is 3.65. The monoisotopic (exact) mass is 328 g/mol. The largest absolute Gasteiger partial charge is 0.464 e. The van der Waals surface area contributed by atoms with Crippen LogP contribution in [0, 0.1) is 0 Å². The summed E-state index contributed by atoms with van der Waals surface area (Å²) >= 11 is 10.2. The molecule has 1 aliphatic rings. The number of carbonyl (C=O) groups is 2. The summed E-state index contributed by atoms with van der Waals surface area (Å²) in [5.74, 6) is -0.378. The standard InChI is InChI=1S/C14H17ClN2O3S/c1-9(18)20-8-7-17(21)14(19)16-13-6-5-10-11(13)3-2-4-12(10)15/h2-4,13,21H,5-8H2,1H3,(H,16,19). The van der Waals surface area contributed by atoms with Crippen molar-refractivity contribution in [2.24, 2.45) is 0 Å². The van der Waals surface area contributed by atoms with E-state index >= 15 is 0 Å². The molecule has 0 saturated carbocycles. The first-order valence-corrected chi connectivity index (χ1v) is 7.44. The van der Waals surface area contributed by atoms with E-state index in [-0.39, 0.29) is 31.2 Å². The smallest absolute Gasteiger partial charge is 0.327 e. The molecule has 0 heterocycles. The predicted octanol–water partition coefficient (Wildman–Crippen LogP) is 2.75. The van der Waals surface area contributed by atoms with Crippen molar-refractivity contribution in [1.29, 1.82) is 0 Å². The number of benzene rings is 1. The molecule has 21 heavy (non-hydrogen) atoms. The SMILES string of the molecule is CC(=O)OCCN(S)C(=O)NC1CCc2c(Cl)cccc21. The lowest BCUT2D eigenvalue weighted by molar-refractivity contribution is -0.140. The molecule has 2 amide bonds. The van der Waals surface area contributed by atoms with E-state index in [2.05, 4.69) is 18.1 Å². The maximum atomic E-state index is 12.0. The Balaban J connectivity index is 1.90. The van der Waals surface area contributed by atoms with Crippen LogP contribution in [0.2, 0.25) is 5.02 Å². The lowest BCUT2D eigenvalue weighted by Crippen LogP contribution is -2.37. The van der Waals surface area contributed by atoms with Crippen LogP contribution in [0.25, 0.3) is 0 Å². The topological polar surface area (TPSA) is 58.6 Å². The first-order valence-electron chi connectivity index (χ1n) is 6.66. The molecule has 5 nitrogen and oxygen atoms in total. The third-order valence-corrected chi connectivity index (χ3v) is 4.09. The average Bonchev–Trinajstić information content (AvgIpc) is 2.83. The van der Waals surface area contributed by atoms with Gasteiger partial charge in [-0.15, -0.1) is 0 Å². The summed E-state index contributed by atoms with van der Waals surface area (Å²) in [6.45, 7) is 1.67. The van der Waals surface area contributed by atoms with Crippen LogP contribution >= 0.6 is 24.4 Å². The molecule has 114 valence electrons. The van der Waals surface area contributed by atoms with Gasteiger partial charge in [-0.3, -0.25) is 9.10 Å². The van der Waals surface area contributed by atoms with Crippen molar-refractivity contribution in [3.8, 4) is 0 Å². The van der Waals surface area contributed by atoms with Crippen LogP contribution in [0.4, 0.5) is 4.79 Å². The molecule has 1 unspecified atom stereocenters. The zero-order valence-electron chi connectivity index (χ0n) is 11.6. The maximum absolute atomic E-state index is 12.0. The van der Waals surface area contributed by atoms with Crippen LogP contribution < -0.4 is 5.32 Å². The van der Waals surface area contributed by atoms with Gasteiger partial charge in [0.25, 0.3) is 0 Å². The molecule has 0 bridgehead atoms. The predicted molar refractivity (Wildman–Crippen MR) is 83.4 cm³/mol. The van der Waals surface area contributed by atoms with Gasteiger partial charge in [-0.1, -0.05) is 36.5 Å². The highest BCUT2D eigenvalue weighted by Gasteiger charge is 2.26. The van der Waals surface area contributed by atoms with Gasteiger partial charge in [-0.2, -0.15) is 0 Å². The molecule has 0 aliphatic heterocycles. The minimum absolute atomic E-state index is 0.0606. The average molecular weight is 329 g/mol. The summed E-state index contributed by atoms with van der Waals surface area (Å²) in [4.78, 5) is 22.7. The summed E-state index contributed by atoms with van der Waals surface area (Å²) < 4.78 is 5.98. The Labute approximate surface area is 134 Å². The molecule has 0 aromatic heterocycles. The summed E-state index contributed by atoms with van der Waals surface area (Å²) in [7, 11) is 0. The Hall–Kier alpha value is -1.40. The highest BCUT2D eigenvalue weighted by atomic mass is 35.5. The van der Waals surface area contributed by atoms with Crippen molar-refractivity contribution >= 4 is 36.4 Å². The Bertz CT molecular complexity index is 553. The molecule has 0 fully saturated rings. The minimum Gasteiger partial charge on any atom is -0.464 e. The molecule has 1 N–H and O–H groups in total. The van der Waals surface area contributed by atoms with Gasteiger partial charge in [-0.25, -0.2) is 4.79 Å². The maximum Gasteiger partial charge on any atom is 0.327 e. The van der Waals surface area contributed by atoms with Crippen molar-refractivity contribution in [2.75, 3.05) is 13.2 Å². The molecule has 2 rings (SSSR count). The van der Waals surface area contributed by atoms with Gasteiger partial charge < -0.3 is 10.1 Å². The third kappa shape index (κ3) is 4.04. The van der Waals surface area contributed by atoms with E-state index in [1.165, 1.54) is 11.2 Å².